The Morgan fingerprint density at radius 2 is 1.83 bits per heavy atom. The Bertz CT molecular complexity index is 811. The molecule has 5 nitrogen and oxygen atoms in total. The molecule has 0 unspecified atom stereocenters. The summed E-state index contributed by atoms with van der Waals surface area (Å²) in [6.45, 7) is 5.00. The molecule has 0 N–H and O–H groups in total. The van der Waals surface area contributed by atoms with E-state index in [4.69, 9.17) is 0 Å². The number of aryl methyl sites for hydroxylation is 3. The lowest BCUT2D eigenvalue weighted by Crippen LogP contribution is -2.24. The zero-order chi connectivity index (χ0) is 17.3. The summed E-state index contributed by atoms with van der Waals surface area (Å²) in [5.74, 6) is 0. The molecule has 0 spiro atoms. The topological polar surface area (TPSA) is 38.9 Å². The van der Waals surface area contributed by atoms with Gasteiger partial charge in [0, 0.05) is 25.4 Å². The number of hydrogen-bond acceptors (Lipinski definition) is 3. The van der Waals surface area contributed by atoms with Crippen molar-refractivity contribution in [3.05, 3.63) is 59.8 Å². The second kappa shape index (κ2) is 6.61. The van der Waals surface area contributed by atoms with E-state index in [9.17, 15) is 0 Å². The molecule has 1 aromatic carbocycles. The summed E-state index contributed by atoms with van der Waals surface area (Å²) >= 11 is 0. The molecule has 0 saturated heterocycles. The first-order chi connectivity index (χ1) is 11.5. The van der Waals surface area contributed by atoms with Crippen LogP contribution in [0.15, 0.2) is 43.0 Å². The van der Waals surface area contributed by atoms with Crippen LogP contribution >= 0.6 is 0 Å². The molecule has 2 heterocycles. The van der Waals surface area contributed by atoms with Crippen LogP contribution in [-0.2, 0) is 13.6 Å². The molecule has 24 heavy (non-hydrogen) atoms. The summed E-state index contributed by atoms with van der Waals surface area (Å²) in [5.41, 5.74) is 5.87. The third-order valence-corrected chi connectivity index (χ3v) is 4.46. The Morgan fingerprint density at radius 1 is 1.12 bits per heavy atom. The van der Waals surface area contributed by atoms with Crippen molar-refractivity contribution in [2.24, 2.45) is 7.05 Å². The first kappa shape index (κ1) is 16.5. The lowest BCUT2D eigenvalue weighted by atomic mass is 10.0. The third kappa shape index (κ3) is 3.26. The number of hydrogen-bond donors (Lipinski definition) is 0. The number of nitrogens with zero attached hydrogens (tertiary/aromatic N) is 5. The number of imidazole rings is 1. The van der Waals surface area contributed by atoms with Gasteiger partial charge >= 0.3 is 0 Å². The van der Waals surface area contributed by atoms with Crippen LogP contribution < -0.4 is 0 Å². The van der Waals surface area contributed by atoms with Crippen LogP contribution in [0.4, 0.5) is 0 Å². The normalized spacial score (nSPS) is 12.8. The molecule has 0 saturated carbocycles. The van der Waals surface area contributed by atoms with Crippen molar-refractivity contribution in [1.82, 2.24) is 24.2 Å². The summed E-state index contributed by atoms with van der Waals surface area (Å²) in [7, 11) is 6.19. The Kier molecular flexibility index (Phi) is 4.53. The lowest BCUT2D eigenvalue weighted by Gasteiger charge is -2.26. The number of benzene rings is 1. The van der Waals surface area contributed by atoms with Crippen molar-refractivity contribution in [3.8, 4) is 11.3 Å². The molecule has 0 radical (unpaired) electrons. The predicted molar refractivity (Wildman–Crippen MR) is 96.8 cm³/mol. The second-order valence-corrected chi connectivity index (χ2v) is 6.62. The fraction of sp³-hybridized carbons (Fsp3) is 0.368. The van der Waals surface area contributed by atoms with Gasteiger partial charge in [0.25, 0.3) is 0 Å². The van der Waals surface area contributed by atoms with Gasteiger partial charge in [0.05, 0.1) is 30.0 Å². The highest BCUT2D eigenvalue weighted by molar-refractivity contribution is 5.60. The highest BCUT2D eigenvalue weighted by Crippen LogP contribution is 2.26. The van der Waals surface area contributed by atoms with Crippen molar-refractivity contribution in [2.75, 3.05) is 14.1 Å². The molecule has 5 heteroatoms. The van der Waals surface area contributed by atoms with Crippen molar-refractivity contribution in [2.45, 2.75) is 26.4 Å². The van der Waals surface area contributed by atoms with E-state index in [2.05, 4.69) is 71.0 Å². The van der Waals surface area contributed by atoms with Crippen molar-refractivity contribution < 1.29 is 0 Å². The lowest BCUT2D eigenvalue weighted by molar-refractivity contribution is 0.269. The molecule has 0 amide bonds. The van der Waals surface area contributed by atoms with Gasteiger partial charge in [0.15, 0.2) is 0 Å². The van der Waals surface area contributed by atoms with Gasteiger partial charge in [-0.25, -0.2) is 4.98 Å². The minimum atomic E-state index is 0.288. The number of aromatic nitrogens is 4. The predicted octanol–water partition coefficient (Wildman–Crippen LogP) is 3.20. The minimum Gasteiger partial charge on any atom is -0.329 e. The van der Waals surface area contributed by atoms with Gasteiger partial charge in [-0.15, -0.1) is 0 Å². The van der Waals surface area contributed by atoms with Gasteiger partial charge in [-0.05, 0) is 33.5 Å². The molecule has 2 aromatic heterocycles. The molecule has 126 valence electrons. The average Bonchev–Trinajstić information content (AvgIpc) is 3.11. The van der Waals surface area contributed by atoms with Crippen molar-refractivity contribution >= 4 is 0 Å². The molecule has 0 fully saturated rings. The van der Waals surface area contributed by atoms with Crippen LogP contribution in [0.5, 0.6) is 0 Å². The molecule has 0 aliphatic rings. The maximum absolute atomic E-state index is 4.46. The smallest absolute Gasteiger partial charge is 0.0951 e. The van der Waals surface area contributed by atoms with E-state index < -0.39 is 0 Å². The first-order valence-corrected chi connectivity index (χ1v) is 8.19. The van der Waals surface area contributed by atoms with Crippen molar-refractivity contribution in [1.29, 1.82) is 0 Å². The van der Waals surface area contributed by atoms with Gasteiger partial charge in [-0.1, -0.05) is 29.8 Å². The zero-order valence-electron chi connectivity index (χ0n) is 15.1. The van der Waals surface area contributed by atoms with Crippen LogP contribution in [0.1, 0.15) is 22.9 Å². The third-order valence-electron chi connectivity index (χ3n) is 4.46. The van der Waals surface area contributed by atoms with Crippen LogP contribution in [0.25, 0.3) is 11.3 Å². The Morgan fingerprint density at radius 3 is 2.42 bits per heavy atom. The molecule has 0 bridgehead atoms. The van der Waals surface area contributed by atoms with E-state index in [1.165, 1.54) is 11.1 Å². The van der Waals surface area contributed by atoms with Crippen LogP contribution in [0.2, 0.25) is 0 Å². The summed E-state index contributed by atoms with van der Waals surface area (Å²) in [4.78, 5) is 6.63. The van der Waals surface area contributed by atoms with E-state index in [0.29, 0.717) is 0 Å². The molecular formula is C19H25N5. The fourth-order valence-corrected chi connectivity index (χ4v) is 3.08. The Balaban J connectivity index is 1.93. The minimum absolute atomic E-state index is 0.288. The van der Waals surface area contributed by atoms with Crippen LogP contribution in [0, 0.1) is 13.8 Å². The van der Waals surface area contributed by atoms with Gasteiger partial charge < -0.3 is 9.47 Å². The second-order valence-electron chi connectivity index (χ2n) is 6.62. The van der Waals surface area contributed by atoms with Gasteiger partial charge in [-0.3, -0.25) is 4.68 Å². The SMILES string of the molecule is Cc1ccc([C@@H](Cn2cncc2-c2cn(C)nc2C)N(C)C)cc1. The standard InChI is InChI=1S/C19H25N5/c1-14-6-8-16(9-7-14)19(22(3)4)12-24-13-20-10-18(24)17-11-23(5)21-15(17)2/h6-11,13,19H,12H2,1-5H3/t19-/m1/s1. The Labute approximate surface area is 143 Å². The zero-order valence-corrected chi connectivity index (χ0v) is 15.1. The number of rotatable bonds is 5. The highest BCUT2D eigenvalue weighted by atomic mass is 15.3. The van der Waals surface area contributed by atoms with Gasteiger partial charge in [0.1, 0.15) is 0 Å². The van der Waals surface area contributed by atoms with Gasteiger partial charge in [-0.2, -0.15) is 5.10 Å². The quantitative estimate of drug-likeness (QED) is 0.724. The fourth-order valence-electron chi connectivity index (χ4n) is 3.08. The molecule has 1 atom stereocenters. The summed E-state index contributed by atoms with van der Waals surface area (Å²) in [6, 6.07) is 9.06. The van der Waals surface area contributed by atoms with Gasteiger partial charge in [0.2, 0.25) is 0 Å². The van der Waals surface area contributed by atoms with E-state index in [-0.39, 0.29) is 6.04 Å². The maximum atomic E-state index is 4.46. The van der Waals surface area contributed by atoms with E-state index in [1.807, 2.05) is 31.2 Å². The van der Waals surface area contributed by atoms with E-state index in [1.54, 1.807) is 0 Å². The number of likely N-dealkylation sites (N-methyl/N-ethyl adjacent to an activating group) is 1. The van der Waals surface area contributed by atoms with E-state index >= 15 is 0 Å². The first-order valence-electron chi connectivity index (χ1n) is 8.19. The summed E-state index contributed by atoms with van der Waals surface area (Å²) < 4.78 is 4.07. The average molecular weight is 323 g/mol. The summed E-state index contributed by atoms with van der Waals surface area (Å²) in [5, 5.41) is 4.46. The molecule has 0 aliphatic carbocycles. The molecule has 3 rings (SSSR count). The van der Waals surface area contributed by atoms with Crippen LogP contribution in [0.3, 0.4) is 0 Å². The Hall–Kier alpha value is -2.40. The largest absolute Gasteiger partial charge is 0.329 e. The summed E-state index contributed by atoms with van der Waals surface area (Å²) in [6.07, 6.45) is 5.89. The molecular weight excluding hydrogens is 298 g/mol. The van der Waals surface area contributed by atoms with Crippen molar-refractivity contribution in [3.63, 3.8) is 0 Å². The monoisotopic (exact) mass is 323 g/mol. The van der Waals surface area contributed by atoms with E-state index in [0.717, 1.165) is 23.5 Å². The van der Waals surface area contributed by atoms with Crippen LogP contribution in [-0.4, -0.2) is 38.3 Å². The maximum Gasteiger partial charge on any atom is 0.0951 e. The highest BCUT2D eigenvalue weighted by Gasteiger charge is 2.18. The molecule has 3 aromatic rings. The molecule has 0 aliphatic heterocycles.